The van der Waals surface area contributed by atoms with E-state index in [-0.39, 0.29) is 34.3 Å². The van der Waals surface area contributed by atoms with Crippen molar-refractivity contribution in [3.8, 4) is 5.69 Å². The molecule has 0 spiro atoms. The smallest absolute Gasteiger partial charge is 0.245 e. The van der Waals surface area contributed by atoms with Crippen LogP contribution in [0.1, 0.15) is 63.5 Å². The van der Waals surface area contributed by atoms with Crippen LogP contribution < -0.4 is 11.4 Å². The Balaban J connectivity index is 1.65. The fourth-order valence-corrected chi connectivity index (χ4v) is 7.14. The number of para-hydroxylation sites is 1. The van der Waals surface area contributed by atoms with E-state index in [1.54, 1.807) is 0 Å². The lowest BCUT2D eigenvalue weighted by Gasteiger charge is -2.73. The summed E-state index contributed by atoms with van der Waals surface area (Å²) >= 11 is 0. The third kappa shape index (κ3) is 1.37. The highest BCUT2D eigenvalue weighted by Gasteiger charge is 2.72. The maximum absolute atomic E-state index is 13.3. The standard InChI is InChI=1S/C20H23N3O2/c24-17-21(14-6-2-1-3-7-14)18(25)23-16-9-8-15(22(17)23)19-10-4-5-11-20(16,19)13-12-19/h1-3,6-7,15-16H,4-5,8-13H2/t15-,16+,19+,20-. The third-order valence-corrected chi connectivity index (χ3v) is 8.11. The minimum absolute atomic E-state index is 0.133. The lowest BCUT2D eigenvalue weighted by molar-refractivity contribution is -0.242. The monoisotopic (exact) mass is 337 g/mol. The van der Waals surface area contributed by atoms with Crippen LogP contribution in [-0.4, -0.2) is 13.9 Å². The summed E-state index contributed by atoms with van der Waals surface area (Å²) in [7, 11) is 0. The van der Waals surface area contributed by atoms with Crippen molar-refractivity contribution in [3.05, 3.63) is 51.3 Å². The van der Waals surface area contributed by atoms with E-state index in [9.17, 15) is 9.59 Å². The summed E-state index contributed by atoms with van der Waals surface area (Å²) in [6.07, 6.45) is 9.65. The fraction of sp³-hybridized carbons (Fsp3) is 0.600. The topological polar surface area (TPSA) is 48.9 Å². The lowest BCUT2D eigenvalue weighted by Crippen LogP contribution is -2.69. The van der Waals surface area contributed by atoms with E-state index >= 15 is 0 Å². The first kappa shape index (κ1) is 14.2. The summed E-state index contributed by atoms with van der Waals surface area (Å²) in [5.41, 5.74) is 0.995. The van der Waals surface area contributed by atoms with Gasteiger partial charge < -0.3 is 0 Å². The summed E-state index contributed by atoms with van der Waals surface area (Å²) < 4.78 is 5.13. The highest BCUT2D eigenvalue weighted by Crippen LogP contribution is 2.77. The number of nitrogens with zero attached hydrogens (tertiary/aromatic N) is 3. The maximum Gasteiger partial charge on any atom is 0.352 e. The Morgan fingerprint density at radius 1 is 0.760 bits per heavy atom. The Hall–Kier alpha value is -2.04. The number of aromatic nitrogens is 3. The SMILES string of the molecule is O=c1n(-c2ccccc2)c(=O)n2n1[C@H]1CC[C@@H]2[C@@]23CCCC[C@@]12CC3. The van der Waals surface area contributed by atoms with Crippen LogP contribution in [0.2, 0.25) is 0 Å². The van der Waals surface area contributed by atoms with Crippen LogP contribution in [0, 0.1) is 10.8 Å². The Bertz CT molecular complexity index is 925. The van der Waals surface area contributed by atoms with Gasteiger partial charge in [0.25, 0.3) is 0 Å². The van der Waals surface area contributed by atoms with Crippen molar-refractivity contribution < 1.29 is 0 Å². The van der Waals surface area contributed by atoms with Gasteiger partial charge in [-0.1, -0.05) is 31.0 Å². The average Bonchev–Trinajstić information content (AvgIpc) is 2.90. The zero-order chi connectivity index (χ0) is 16.8. The Labute approximate surface area is 145 Å². The van der Waals surface area contributed by atoms with Crippen LogP contribution in [0.3, 0.4) is 0 Å². The van der Waals surface area contributed by atoms with Gasteiger partial charge in [0.05, 0.1) is 17.8 Å². The molecular formula is C20H23N3O2. The van der Waals surface area contributed by atoms with Crippen LogP contribution in [-0.2, 0) is 0 Å². The molecule has 2 bridgehead atoms. The summed E-state index contributed by atoms with van der Waals surface area (Å²) in [6, 6.07) is 9.84. The number of hydrogen-bond acceptors (Lipinski definition) is 2. The van der Waals surface area contributed by atoms with E-state index in [1.165, 1.54) is 43.1 Å². The molecule has 0 saturated heterocycles. The lowest BCUT2D eigenvalue weighted by atomic mass is 9.36. The van der Waals surface area contributed by atoms with Crippen LogP contribution in [0.15, 0.2) is 39.9 Å². The zero-order valence-electron chi connectivity index (χ0n) is 14.4. The summed E-state index contributed by atoms with van der Waals surface area (Å²) in [6.45, 7) is 0. The molecule has 1 aromatic carbocycles. The number of benzene rings is 1. The summed E-state index contributed by atoms with van der Waals surface area (Å²) in [5.74, 6) is 0. The van der Waals surface area contributed by atoms with Crippen molar-refractivity contribution in [2.45, 2.75) is 63.5 Å². The van der Waals surface area contributed by atoms with E-state index in [0.29, 0.717) is 5.69 Å². The molecule has 3 fully saturated rings. The molecule has 0 radical (unpaired) electrons. The van der Waals surface area contributed by atoms with Gasteiger partial charge in [-0.2, -0.15) is 0 Å². The predicted molar refractivity (Wildman–Crippen MR) is 94.2 cm³/mol. The molecule has 0 amide bonds. The number of hydrogen-bond donors (Lipinski definition) is 0. The van der Waals surface area contributed by atoms with E-state index in [1.807, 2.05) is 39.7 Å². The van der Waals surface area contributed by atoms with Gasteiger partial charge in [-0.3, -0.25) is 0 Å². The summed E-state index contributed by atoms with van der Waals surface area (Å²) in [5, 5.41) is 0. The van der Waals surface area contributed by atoms with Gasteiger partial charge in [-0.05, 0) is 50.7 Å². The average molecular weight is 337 g/mol. The molecule has 2 aliphatic heterocycles. The largest absolute Gasteiger partial charge is 0.352 e. The van der Waals surface area contributed by atoms with Gasteiger partial charge in [-0.15, -0.1) is 0 Å². The van der Waals surface area contributed by atoms with Crippen molar-refractivity contribution in [1.82, 2.24) is 13.9 Å². The number of fused-ring (bicyclic) bond motifs is 1. The first-order valence-electron chi connectivity index (χ1n) is 9.71. The second kappa shape index (κ2) is 4.37. The Morgan fingerprint density at radius 3 is 1.76 bits per heavy atom. The predicted octanol–water partition coefficient (Wildman–Crippen LogP) is 3.03. The van der Waals surface area contributed by atoms with Gasteiger partial charge >= 0.3 is 11.4 Å². The van der Waals surface area contributed by atoms with Gasteiger partial charge in [0.2, 0.25) is 0 Å². The molecule has 7 rings (SSSR count). The van der Waals surface area contributed by atoms with E-state index in [4.69, 9.17) is 0 Å². The van der Waals surface area contributed by atoms with E-state index in [2.05, 4.69) is 0 Å². The van der Waals surface area contributed by atoms with Crippen molar-refractivity contribution in [1.29, 1.82) is 0 Å². The third-order valence-electron chi connectivity index (χ3n) is 8.11. The van der Waals surface area contributed by atoms with E-state index in [0.717, 1.165) is 12.8 Å². The molecule has 3 aliphatic carbocycles. The molecule has 3 heterocycles. The fourth-order valence-electron chi connectivity index (χ4n) is 7.14. The number of rotatable bonds is 1. The van der Waals surface area contributed by atoms with Crippen LogP contribution in [0.4, 0.5) is 0 Å². The molecule has 25 heavy (non-hydrogen) atoms. The van der Waals surface area contributed by atoms with Crippen LogP contribution >= 0.6 is 0 Å². The first-order valence-corrected chi connectivity index (χ1v) is 9.71. The van der Waals surface area contributed by atoms with Crippen molar-refractivity contribution in [2.24, 2.45) is 10.8 Å². The Kier molecular flexibility index (Phi) is 2.48. The van der Waals surface area contributed by atoms with Crippen molar-refractivity contribution in [3.63, 3.8) is 0 Å². The molecule has 3 saturated carbocycles. The van der Waals surface area contributed by atoms with Crippen LogP contribution in [0.5, 0.6) is 0 Å². The van der Waals surface area contributed by atoms with Gasteiger partial charge in [0.15, 0.2) is 0 Å². The first-order chi connectivity index (χ1) is 12.2. The highest BCUT2D eigenvalue weighted by atomic mass is 16.2. The molecule has 2 aromatic rings. The molecule has 0 N–H and O–H groups in total. The Morgan fingerprint density at radius 2 is 1.28 bits per heavy atom. The van der Waals surface area contributed by atoms with Crippen molar-refractivity contribution in [2.75, 3.05) is 0 Å². The normalized spacial score (nSPS) is 37.8. The second-order valence-corrected chi connectivity index (χ2v) is 8.55. The minimum atomic E-state index is -0.133. The van der Waals surface area contributed by atoms with Crippen LogP contribution in [0.25, 0.3) is 5.69 Å². The molecular weight excluding hydrogens is 314 g/mol. The van der Waals surface area contributed by atoms with Gasteiger partial charge in [0.1, 0.15) is 0 Å². The molecule has 5 nitrogen and oxygen atoms in total. The van der Waals surface area contributed by atoms with Gasteiger partial charge in [-0.25, -0.2) is 23.5 Å². The highest BCUT2D eigenvalue weighted by molar-refractivity contribution is 5.31. The maximum atomic E-state index is 13.3. The van der Waals surface area contributed by atoms with Crippen molar-refractivity contribution >= 4 is 0 Å². The van der Waals surface area contributed by atoms with Gasteiger partial charge in [0, 0.05) is 10.8 Å². The quantitative estimate of drug-likeness (QED) is 0.803. The minimum Gasteiger partial charge on any atom is -0.245 e. The molecule has 5 aliphatic rings. The molecule has 1 aromatic heterocycles. The molecule has 130 valence electrons. The molecule has 5 heteroatoms. The second-order valence-electron chi connectivity index (χ2n) is 8.55. The molecule has 0 unspecified atom stereocenters. The van der Waals surface area contributed by atoms with E-state index < -0.39 is 0 Å². The zero-order valence-corrected chi connectivity index (χ0v) is 14.4. The molecule has 4 atom stereocenters. The summed E-state index contributed by atoms with van der Waals surface area (Å²) in [4.78, 5) is 26.5.